The second-order valence-corrected chi connectivity index (χ2v) is 9.93. The van der Waals surface area contributed by atoms with Gasteiger partial charge in [0, 0.05) is 24.6 Å². The van der Waals surface area contributed by atoms with E-state index in [2.05, 4.69) is 56.8 Å². The van der Waals surface area contributed by atoms with Crippen LogP contribution in [0.5, 0.6) is 0 Å². The van der Waals surface area contributed by atoms with E-state index in [0.29, 0.717) is 36.2 Å². The number of nitrogens with zero attached hydrogens (tertiary/aromatic N) is 7. The maximum Gasteiger partial charge on any atom is 0.223 e. The van der Waals surface area contributed by atoms with Crippen LogP contribution in [0.15, 0.2) is 42.6 Å². The third kappa shape index (κ3) is 6.15. The highest BCUT2D eigenvalue weighted by atomic mass is 16.1. The van der Waals surface area contributed by atoms with E-state index in [1.807, 2.05) is 16.8 Å². The maximum absolute atomic E-state index is 13.0. The number of carbonyl (C=O) groups excluding carboxylic acids is 1. The van der Waals surface area contributed by atoms with E-state index < -0.39 is 0 Å². The predicted octanol–water partition coefficient (Wildman–Crippen LogP) is 5.45. The summed E-state index contributed by atoms with van der Waals surface area (Å²) in [6.07, 6.45) is 12.5. The first-order valence-corrected chi connectivity index (χ1v) is 13.5. The zero-order valence-electron chi connectivity index (χ0n) is 21.4. The molecule has 0 unspecified atom stereocenters. The Kier molecular flexibility index (Phi) is 8.08. The highest BCUT2D eigenvalue weighted by Gasteiger charge is 2.22. The second-order valence-electron chi connectivity index (χ2n) is 9.93. The van der Waals surface area contributed by atoms with Crippen LogP contribution in [0.4, 0.5) is 0 Å². The van der Waals surface area contributed by atoms with Gasteiger partial charge in [-0.05, 0) is 34.7 Å². The minimum absolute atomic E-state index is 0.0864. The SMILES string of the molecule is CCCCCc1nc(C(=O)CC2CCCCC2)nn1Cc1ccc(-c2cccnc2-c2nn[nH]n2)cc1. The normalized spacial score (nSPS) is 14.2. The van der Waals surface area contributed by atoms with Crippen LogP contribution in [0, 0.1) is 5.92 Å². The summed E-state index contributed by atoms with van der Waals surface area (Å²) in [5.41, 5.74) is 3.73. The molecule has 1 aromatic carbocycles. The molecule has 0 amide bonds. The molecular formula is C28H34N8O. The van der Waals surface area contributed by atoms with E-state index in [9.17, 15) is 4.79 Å². The van der Waals surface area contributed by atoms with Crippen LogP contribution in [0.25, 0.3) is 22.6 Å². The van der Waals surface area contributed by atoms with Crippen LogP contribution >= 0.6 is 0 Å². The smallest absolute Gasteiger partial charge is 0.223 e. The van der Waals surface area contributed by atoms with Gasteiger partial charge in [0.05, 0.1) is 6.54 Å². The minimum Gasteiger partial charge on any atom is -0.291 e. The molecule has 1 fully saturated rings. The number of aryl methyl sites for hydroxylation is 1. The Balaban J connectivity index is 1.34. The molecule has 37 heavy (non-hydrogen) atoms. The van der Waals surface area contributed by atoms with E-state index in [1.165, 1.54) is 19.3 Å². The van der Waals surface area contributed by atoms with Crippen LogP contribution in [0.1, 0.15) is 86.7 Å². The number of carbonyl (C=O) groups is 1. The average molecular weight is 499 g/mol. The van der Waals surface area contributed by atoms with Crippen LogP contribution in [0.3, 0.4) is 0 Å². The molecule has 9 nitrogen and oxygen atoms in total. The number of H-pyrrole nitrogens is 1. The number of hydrogen-bond donors (Lipinski definition) is 1. The van der Waals surface area contributed by atoms with Crippen molar-refractivity contribution in [3.63, 3.8) is 0 Å². The molecule has 3 heterocycles. The molecule has 3 aromatic heterocycles. The largest absolute Gasteiger partial charge is 0.291 e. The van der Waals surface area contributed by atoms with Gasteiger partial charge in [0.2, 0.25) is 17.4 Å². The van der Waals surface area contributed by atoms with Gasteiger partial charge in [-0.25, -0.2) is 9.67 Å². The lowest BCUT2D eigenvalue weighted by Gasteiger charge is -2.19. The summed E-state index contributed by atoms with van der Waals surface area (Å²) in [5, 5.41) is 19.0. The molecule has 0 bridgehead atoms. The van der Waals surface area contributed by atoms with E-state index >= 15 is 0 Å². The third-order valence-corrected chi connectivity index (χ3v) is 7.16. The lowest BCUT2D eigenvalue weighted by atomic mass is 9.86. The monoisotopic (exact) mass is 498 g/mol. The first kappa shape index (κ1) is 24.9. The average Bonchev–Trinajstić information content (AvgIpc) is 3.61. The number of rotatable bonds is 11. The molecule has 5 rings (SSSR count). The van der Waals surface area contributed by atoms with E-state index in [4.69, 9.17) is 10.1 Å². The standard InChI is InChI=1S/C28H34N8O/c1-2-3-5-12-25-30-27(24(37)18-20-9-6-4-7-10-20)33-36(25)19-21-13-15-22(16-14-21)23-11-8-17-29-26(23)28-31-34-35-32-28/h8,11,13-17,20H,2-7,9-10,12,18-19H2,1H3,(H,31,32,34,35). The first-order valence-electron chi connectivity index (χ1n) is 13.5. The van der Waals surface area contributed by atoms with Crippen LogP contribution in [0.2, 0.25) is 0 Å². The van der Waals surface area contributed by atoms with E-state index in [-0.39, 0.29) is 5.78 Å². The quantitative estimate of drug-likeness (QED) is 0.216. The number of hydrogen-bond acceptors (Lipinski definition) is 7. The van der Waals surface area contributed by atoms with Crippen molar-refractivity contribution in [1.29, 1.82) is 0 Å². The summed E-state index contributed by atoms with van der Waals surface area (Å²) < 4.78 is 1.92. The molecule has 1 N–H and O–H groups in total. The fraction of sp³-hybridized carbons (Fsp3) is 0.464. The highest BCUT2D eigenvalue weighted by molar-refractivity contribution is 5.92. The summed E-state index contributed by atoms with van der Waals surface area (Å²) in [5.74, 6) is 2.31. The highest BCUT2D eigenvalue weighted by Crippen LogP contribution is 2.29. The number of unbranched alkanes of at least 4 members (excludes halogenated alkanes) is 2. The molecule has 0 atom stereocenters. The number of nitrogens with one attached hydrogen (secondary N) is 1. The number of aromatic nitrogens is 8. The Labute approximate surface area is 217 Å². The zero-order valence-corrected chi connectivity index (χ0v) is 21.4. The zero-order chi connectivity index (χ0) is 25.5. The molecule has 0 saturated heterocycles. The molecule has 0 spiro atoms. The molecule has 4 aromatic rings. The Bertz CT molecular complexity index is 1290. The van der Waals surface area contributed by atoms with Gasteiger partial charge in [0.1, 0.15) is 11.5 Å². The number of ketones is 1. The number of aromatic amines is 1. The van der Waals surface area contributed by atoms with Gasteiger partial charge in [0.15, 0.2) is 0 Å². The summed E-state index contributed by atoms with van der Waals surface area (Å²) in [7, 11) is 0. The van der Waals surface area contributed by atoms with E-state index in [1.54, 1.807) is 6.20 Å². The van der Waals surface area contributed by atoms with Gasteiger partial charge in [0.25, 0.3) is 0 Å². The lowest BCUT2D eigenvalue weighted by Crippen LogP contribution is -2.13. The summed E-state index contributed by atoms with van der Waals surface area (Å²) in [6.45, 7) is 2.77. The molecule has 1 saturated carbocycles. The molecule has 0 radical (unpaired) electrons. The fourth-order valence-corrected chi connectivity index (χ4v) is 5.12. The van der Waals surface area contributed by atoms with Crippen molar-refractivity contribution in [2.45, 2.75) is 77.7 Å². The fourth-order valence-electron chi connectivity index (χ4n) is 5.12. The van der Waals surface area contributed by atoms with Gasteiger partial charge < -0.3 is 0 Å². The predicted molar refractivity (Wildman–Crippen MR) is 141 cm³/mol. The Morgan fingerprint density at radius 2 is 1.92 bits per heavy atom. The number of benzene rings is 1. The van der Waals surface area contributed by atoms with Crippen LogP contribution < -0.4 is 0 Å². The first-order chi connectivity index (χ1) is 18.2. The Morgan fingerprint density at radius 3 is 2.68 bits per heavy atom. The van der Waals surface area contributed by atoms with Gasteiger partial charge in [-0.3, -0.25) is 9.78 Å². The van der Waals surface area contributed by atoms with Gasteiger partial charge in [-0.15, -0.1) is 15.3 Å². The number of pyridine rings is 1. The molecule has 192 valence electrons. The minimum atomic E-state index is 0.0864. The van der Waals surface area contributed by atoms with E-state index in [0.717, 1.165) is 61.0 Å². The van der Waals surface area contributed by atoms with Gasteiger partial charge >= 0.3 is 0 Å². The number of tetrazole rings is 1. The molecule has 0 aliphatic heterocycles. The molecule has 1 aliphatic carbocycles. The molecule has 1 aliphatic rings. The van der Waals surface area contributed by atoms with Crippen molar-refractivity contribution < 1.29 is 4.79 Å². The lowest BCUT2D eigenvalue weighted by molar-refractivity contribution is 0.0939. The summed E-state index contributed by atoms with van der Waals surface area (Å²) >= 11 is 0. The summed E-state index contributed by atoms with van der Waals surface area (Å²) in [4.78, 5) is 22.2. The van der Waals surface area contributed by atoms with Crippen molar-refractivity contribution in [2.75, 3.05) is 0 Å². The van der Waals surface area contributed by atoms with Gasteiger partial charge in [-0.1, -0.05) is 82.2 Å². The van der Waals surface area contributed by atoms with Crippen molar-refractivity contribution >= 4 is 5.78 Å². The second kappa shape index (κ2) is 12.0. The molecular weight excluding hydrogens is 464 g/mol. The van der Waals surface area contributed by atoms with Crippen LogP contribution in [-0.4, -0.2) is 46.2 Å². The Hall–Kier alpha value is -3.75. The number of Topliss-reactive ketones (excluding diaryl/α,β-unsaturated/α-hetero) is 1. The third-order valence-electron chi connectivity index (χ3n) is 7.16. The van der Waals surface area contributed by atoms with Crippen molar-refractivity contribution in [1.82, 2.24) is 40.4 Å². The Morgan fingerprint density at radius 1 is 1.08 bits per heavy atom. The van der Waals surface area contributed by atoms with Crippen molar-refractivity contribution in [3.8, 4) is 22.6 Å². The van der Waals surface area contributed by atoms with Crippen molar-refractivity contribution in [3.05, 3.63) is 59.8 Å². The maximum atomic E-state index is 13.0. The van der Waals surface area contributed by atoms with Crippen LogP contribution in [-0.2, 0) is 13.0 Å². The van der Waals surface area contributed by atoms with Crippen molar-refractivity contribution in [2.24, 2.45) is 5.92 Å². The van der Waals surface area contributed by atoms with Gasteiger partial charge in [-0.2, -0.15) is 5.21 Å². The summed E-state index contributed by atoms with van der Waals surface area (Å²) in [6, 6.07) is 12.2. The molecule has 9 heteroatoms. The topological polar surface area (TPSA) is 115 Å².